The van der Waals surface area contributed by atoms with Crippen LogP contribution in [0, 0.1) is 0 Å². The van der Waals surface area contributed by atoms with E-state index in [9.17, 15) is 4.79 Å². The van der Waals surface area contributed by atoms with Crippen LogP contribution < -0.4 is 15.0 Å². The summed E-state index contributed by atoms with van der Waals surface area (Å²) in [6.07, 6.45) is 3.50. The molecular formula is C16H22N2O2. The molecule has 0 bridgehead atoms. The third-order valence-corrected chi connectivity index (χ3v) is 4.21. The van der Waals surface area contributed by atoms with Crippen LogP contribution in [0.3, 0.4) is 0 Å². The van der Waals surface area contributed by atoms with E-state index in [-0.39, 0.29) is 5.91 Å². The molecule has 2 heterocycles. The van der Waals surface area contributed by atoms with Crippen molar-refractivity contribution >= 4 is 11.6 Å². The molecule has 1 unspecified atom stereocenters. The summed E-state index contributed by atoms with van der Waals surface area (Å²) in [5.41, 5.74) is 1.35. The van der Waals surface area contributed by atoms with Crippen molar-refractivity contribution in [3.8, 4) is 5.75 Å². The second-order valence-electron chi connectivity index (χ2n) is 6.28. The van der Waals surface area contributed by atoms with Crippen molar-refractivity contribution in [2.45, 2.75) is 44.8 Å². The largest absolute Gasteiger partial charge is 0.476 e. The molecule has 1 N–H and O–H groups in total. The first kappa shape index (κ1) is 13.4. The number of anilines is 1. The van der Waals surface area contributed by atoms with E-state index in [2.05, 4.69) is 17.4 Å². The van der Waals surface area contributed by atoms with Gasteiger partial charge in [0.2, 0.25) is 0 Å². The van der Waals surface area contributed by atoms with Gasteiger partial charge in [0.05, 0.1) is 5.69 Å². The SMILES string of the molecule is CN1C(=O)C(C)(C)Oc2ccc(CC3CCCN3)cc21. The number of rotatable bonds is 2. The van der Waals surface area contributed by atoms with Gasteiger partial charge in [-0.3, -0.25) is 4.79 Å². The van der Waals surface area contributed by atoms with Crippen molar-refractivity contribution in [3.63, 3.8) is 0 Å². The summed E-state index contributed by atoms with van der Waals surface area (Å²) in [7, 11) is 1.82. The Morgan fingerprint density at radius 2 is 2.25 bits per heavy atom. The minimum absolute atomic E-state index is 0.00106. The standard InChI is InChI=1S/C16H22N2O2/c1-16(2)15(19)18(3)13-10-11(6-7-14(13)20-16)9-12-5-4-8-17-12/h6-7,10,12,17H,4-5,8-9H2,1-3H3. The molecule has 0 aliphatic carbocycles. The monoisotopic (exact) mass is 274 g/mol. The van der Waals surface area contributed by atoms with Gasteiger partial charge in [-0.05, 0) is 57.4 Å². The third-order valence-electron chi connectivity index (χ3n) is 4.21. The van der Waals surface area contributed by atoms with Crippen molar-refractivity contribution in [1.82, 2.24) is 5.32 Å². The normalized spacial score (nSPS) is 24.4. The Kier molecular flexibility index (Phi) is 3.21. The van der Waals surface area contributed by atoms with Gasteiger partial charge in [0, 0.05) is 13.1 Å². The van der Waals surface area contributed by atoms with Crippen LogP contribution >= 0.6 is 0 Å². The smallest absolute Gasteiger partial charge is 0.270 e. The average molecular weight is 274 g/mol. The highest BCUT2D eigenvalue weighted by Gasteiger charge is 2.39. The zero-order valence-electron chi connectivity index (χ0n) is 12.4. The lowest BCUT2D eigenvalue weighted by Crippen LogP contribution is -2.50. The van der Waals surface area contributed by atoms with Crippen LogP contribution in [0.25, 0.3) is 0 Å². The van der Waals surface area contributed by atoms with Gasteiger partial charge >= 0.3 is 0 Å². The Balaban J connectivity index is 1.87. The molecule has 20 heavy (non-hydrogen) atoms. The predicted octanol–water partition coefficient (Wildman–Crippen LogP) is 2.11. The van der Waals surface area contributed by atoms with Crippen LogP contribution in [0.1, 0.15) is 32.3 Å². The number of nitrogens with zero attached hydrogens (tertiary/aromatic N) is 1. The zero-order valence-corrected chi connectivity index (χ0v) is 12.4. The summed E-state index contributed by atoms with van der Waals surface area (Å²) in [5.74, 6) is 0.793. The highest BCUT2D eigenvalue weighted by atomic mass is 16.5. The minimum Gasteiger partial charge on any atom is -0.476 e. The molecule has 1 aromatic rings. The molecule has 108 valence electrons. The van der Waals surface area contributed by atoms with Crippen molar-refractivity contribution in [2.75, 3.05) is 18.5 Å². The fraction of sp³-hybridized carbons (Fsp3) is 0.562. The Hall–Kier alpha value is -1.55. The van der Waals surface area contributed by atoms with E-state index in [0.29, 0.717) is 6.04 Å². The summed E-state index contributed by atoms with van der Waals surface area (Å²) in [6.45, 7) is 4.74. The lowest BCUT2D eigenvalue weighted by atomic mass is 10.0. The highest BCUT2D eigenvalue weighted by molar-refractivity contribution is 6.01. The first-order chi connectivity index (χ1) is 9.47. The number of nitrogens with one attached hydrogen (secondary N) is 1. The van der Waals surface area contributed by atoms with E-state index in [1.807, 2.05) is 27.0 Å². The Morgan fingerprint density at radius 1 is 1.45 bits per heavy atom. The van der Waals surface area contributed by atoms with Crippen LogP contribution in [0.5, 0.6) is 5.75 Å². The average Bonchev–Trinajstić information content (AvgIpc) is 2.90. The van der Waals surface area contributed by atoms with Crippen molar-refractivity contribution in [3.05, 3.63) is 23.8 Å². The molecule has 1 saturated heterocycles. The molecule has 0 radical (unpaired) electrons. The second-order valence-corrected chi connectivity index (χ2v) is 6.28. The fourth-order valence-electron chi connectivity index (χ4n) is 3.09. The summed E-state index contributed by atoms with van der Waals surface area (Å²) in [6, 6.07) is 6.75. The molecular weight excluding hydrogens is 252 g/mol. The first-order valence-corrected chi connectivity index (χ1v) is 7.31. The van der Waals surface area contributed by atoms with Gasteiger partial charge in [-0.1, -0.05) is 6.07 Å². The maximum Gasteiger partial charge on any atom is 0.270 e. The number of ether oxygens (including phenoxy) is 1. The van der Waals surface area contributed by atoms with Gasteiger partial charge in [-0.25, -0.2) is 0 Å². The number of amides is 1. The van der Waals surface area contributed by atoms with Crippen LogP contribution in [-0.2, 0) is 11.2 Å². The zero-order chi connectivity index (χ0) is 14.3. The predicted molar refractivity (Wildman–Crippen MR) is 79.3 cm³/mol. The number of likely N-dealkylation sites (N-methyl/N-ethyl adjacent to an activating group) is 1. The Morgan fingerprint density at radius 3 is 2.95 bits per heavy atom. The van der Waals surface area contributed by atoms with Gasteiger partial charge in [-0.15, -0.1) is 0 Å². The number of hydrogen-bond acceptors (Lipinski definition) is 3. The van der Waals surface area contributed by atoms with Gasteiger partial charge < -0.3 is 15.0 Å². The molecule has 3 rings (SSSR count). The molecule has 1 fully saturated rings. The molecule has 4 nitrogen and oxygen atoms in total. The van der Waals surface area contributed by atoms with E-state index >= 15 is 0 Å². The van der Waals surface area contributed by atoms with E-state index < -0.39 is 5.60 Å². The van der Waals surface area contributed by atoms with Crippen molar-refractivity contribution in [2.24, 2.45) is 0 Å². The van der Waals surface area contributed by atoms with Gasteiger partial charge in [0.1, 0.15) is 5.75 Å². The van der Waals surface area contributed by atoms with E-state index in [0.717, 1.165) is 24.4 Å². The molecule has 1 atom stereocenters. The van der Waals surface area contributed by atoms with Crippen LogP contribution in [0.4, 0.5) is 5.69 Å². The summed E-state index contributed by atoms with van der Waals surface area (Å²) in [5, 5.41) is 3.51. The number of benzene rings is 1. The molecule has 0 spiro atoms. The fourth-order valence-corrected chi connectivity index (χ4v) is 3.09. The highest BCUT2D eigenvalue weighted by Crippen LogP contribution is 2.37. The number of fused-ring (bicyclic) bond motifs is 1. The molecule has 2 aliphatic rings. The number of hydrogen-bond donors (Lipinski definition) is 1. The van der Waals surface area contributed by atoms with Gasteiger partial charge in [-0.2, -0.15) is 0 Å². The van der Waals surface area contributed by atoms with Crippen LogP contribution in [-0.4, -0.2) is 31.1 Å². The quantitative estimate of drug-likeness (QED) is 0.898. The number of carbonyl (C=O) groups excluding carboxylic acids is 1. The molecule has 1 aromatic carbocycles. The third kappa shape index (κ3) is 2.29. The van der Waals surface area contributed by atoms with Crippen molar-refractivity contribution in [1.29, 1.82) is 0 Å². The molecule has 4 heteroatoms. The summed E-state index contributed by atoms with van der Waals surface area (Å²) in [4.78, 5) is 14.0. The van der Waals surface area contributed by atoms with Gasteiger partial charge in [0.15, 0.2) is 5.60 Å². The lowest BCUT2D eigenvalue weighted by molar-refractivity contribution is -0.132. The van der Waals surface area contributed by atoms with E-state index in [1.54, 1.807) is 4.90 Å². The summed E-state index contributed by atoms with van der Waals surface area (Å²) >= 11 is 0. The molecule has 2 aliphatic heterocycles. The number of carbonyl (C=O) groups is 1. The maximum absolute atomic E-state index is 12.3. The topological polar surface area (TPSA) is 41.6 Å². The van der Waals surface area contributed by atoms with Gasteiger partial charge in [0.25, 0.3) is 5.91 Å². The van der Waals surface area contributed by atoms with E-state index in [4.69, 9.17) is 4.74 Å². The molecule has 0 aromatic heterocycles. The molecule has 1 amide bonds. The van der Waals surface area contributed by atoms with Crippen LogP contribution in [0.15, 0.2) is 18.2 Å². The summed E-state index contributed by atoms with van der Waals surface area (Å²) < 4.78 is 5.82. The van der Waals surface area contributed by atoms with Crippen LogP contribution in [0.2, 0.25) is 0 Å². The minimum atomic E-state index is -0.781. The lowest BCUT2D eigenvalue weighted by Gasteiger charge is -2.37. The second kappa shape index (κ2) is 4.77. The first-order valence-electron chi connectivity index (χ1n) is 7.31. The Labute approximate surface area is 120 Å². The Bertz CT molecular complexity index is 533. The molecule has 0 saturated carbocycles. The maximum atomic E-state index is 12.3. The van der Waals surface area contributed by atoms with Crippen molar-refractivity contribution < 1.29 is 9.53 Å². The van der Waals surface area contributed by atoms with E-state index in [1.165, 1.54) is 18.4 Å².